The molecule has 0 bridgehead atoms. The Morgan fingerprint density at radius 1 is 1.35 bits per heavy atom. The lowest BCUT2D eigenvalue weighted by molar-refractivity contribution is 0.0523. The highest BCUT2D eigenvalue weighted by molar-refractivity contribution is 5.67. The summed E-state index contributed by atoms with van der Waals surface area (Å²) in [5.41, 5.74) is 1.45. The molecule has 1 aromatic carbocycles. The van der Waals surface area contributed by atoms with Gasteiger partial charge in [-0.15, -0.1) is 0 Å². The van der Waals surface area contributed by atoms with Gasteiger partial charge in [0.15, 0.2) is 0 Å². The summed E-state index contributed by atoms with van der Waals surface area (Å²) < 4.78 is 5.18. The van der Waals surface area contributed by atoms with Gasteiger partial charge in [0.1, 0.15) is 5.60 Å². The Morgan fingerprint density at radius 3 is 2.75 bits per heavy atom. The first-order chi connectivity index (χ1) is 9.40. The van der Waals surface area contributed by atoms with Crippen LogP contribution in [0.2, 0.25) is 0 Å². The first-order valence-corrected chi connectivity index (χ1v) is 6.60. The lowest BCUT2D eigenvalue weighted by atomic mass is 10.1. The quantitative estimate of drug-likeness (QED) is 0.831. The summed E-state index contributed by atoms with van der Waals surface area (Å²) in [7, 11) is 1.86. The fourth-order valence-electron chi connectivity index (χ4n) is 1.48. The fourth-order valence-corrected chi connectivity index (χ4v) is 1.48. The fraction of sp³-hybridized carbons (Fsp3) is 0.438. The maximum Gasteiger partial charge on any atom is 0.407 e. The molecule has 0 saturated heterocycles. The molecular weight excluding hydrogens is 252 g/mol. The minimum Gasteiger partial charge on any atom is -0.444 e. The smallest absolute Gasteiger partial charge is 0.407 e. The molecular formula is C16H22N2O2. The number of hydrogen-bond acceptors (Lipinski definition) is 3. The van der Waals surface area contributed by atoms with Gasteiger partial charge in [0.2, 0.25) is 0 Å². The van der Waals surface area contributed by atoms with Crippen molar-refractivity contribution in [3.8, 4) is 11.8 Å². The highest BCUT2D eigenvalue weighted by atomic mass is 16.6. The summed E-state index contributed by atoms with van der Waals surface area (Å²) in [6.07, 6.45) is -0.413. The van der Waals surface area contributed by atoms with Crippen molar-refractivity contribution in [2.45, 2.75) is 32.9 Å². The van der Waals surface area contributed by atoms with Crippen LogP contribution in [-0.4, -0.2) is 25.3 Å². The maximum absolute atomic E-state index is 11.6. The molecule has 4 nitrogen and oxygen atoms in total. The zero-order chi connectivity index (χ0) is 15.0. The normalized spacial score (nSPS) is 10.4. The van der Waals surface area contributed by atoms with E-state index in [2.05, 4.69) is 22.5 Å². The zero-order valence-corrected chi connectivity index (χ0v) is 12.5. The van der Waals surface area contributed by atoms with Gasteiger partial charge in [-0.2, -0.15) is 0 Å². The van der Waals surface area contributed by atoms with Gasteiger partial charge in [-0.05, 0) is 45.5 Å². The Bertz CT molecular complexity index is 507. The van der Waals surface area contributed by atoms with Crippen LogP contribution in [0.1, 0.15) is 31.9 Å². The van der Waals surface area contributed by atoms with E-state index in [-0.39, 0.29) is 0 Å². The second-order valence-electron chi connectivity index (χ2n) is 5.39. The molecule has 0 spiro atoms. The zero-order valence-electron chi connectivity index (χ0n) is 12.5. The van der Waals surface area contributed by atoms with E-state index in [1.165, 1.54) is 0 Å². The average molecular weight is 274 g/mol. The molecule has 108 valence electrons. The molecule has 0 aromatic heterocycles. The highest BCUT2D eigenvalue weighted by Gasteiger charge is 2.15. The highest BCUT2D eigenvalue weighted by Crippen LogP contribution is 2.08. The van der Waals surface area contributed by atoms with Crippen LogP contribution in [0, 0.1) is 11.8 Å². The van der Waals surface area contributed by atoms with E-state index in [1.807, 2.05) is 52.1 Å². The number of nitrogens with one attached hydrogen (secondary N) is 2. The number of carbonyl (C=O) groups excluding carboxylic acids is 1. The summed E-state index contributed by atoms with van der Waals surface area (Å²) in [6.45, 7) is 6.59. The summed E-state index contributed by atoms with van der Waals surface area (Å²) in [4.78, 5) is 11.6. The lowest BCUT2D eigenvalue weighted by Crippen LogP contribution is -2.32. The molecule has 1 amide bonds. The second-order valence-corrected chi connectivity index (χ2v) is 5.39. The molecule has 20 heavy (non-hydrogen) atoms. The Kier molecular flexibility index (Phi) is 6.08. The molecule has 0 aliphatic carbocycles. The topological polar surface area (TPSA) is 50.4 Å². The van der Waals surface area contributed by atoms with Crippen molar-refractivity contribution in [1.29, 1.82) is 0 Å². The SMILES string of the molecule is CNCC#Cc1cccc(CNC(=O)OC(C)(C)C)c1. The van der Waals surface area contributed by atoms with Crippen LogP contribution < -0.4 is 10.6 Å². The summed E-state index contributed by atoms with van der Waals surface area (Å²) in [5.74, 6) is 6.06. The summed E-state index contributed by atoms with van der Waals surface area (Å²) in [5, 5.41) is 5.70. The number of carbonyl (C=O) groups is 1. The molecule has 0 heterocycles. The van der Waals surface area contributed by atoms with E-state index < -0.39 is 11.7 Å². The molecule has 0 aliphatic heterocycles. The van der Waals surface area contributed by atoms with Crippen LogP contribution in [0.25, 0.3) is 0 Å². The molecule has 0 unspecified atom stereocenters. The standard InChI is InChI=1S/C16H22N2O2/c1-16(2,3)20-15(19)18-12-14-8-5-7-13(11-14)9-6-10-17-4/h5,7-8,11,17H,10,12H2,1-4H3,(H,18,19). The largest absolute Gasteiger partial charge is 0.444 e. The lowest BCUT2D eigenvalue weighted by Gasteiger charge is -2.19. The van der Waals surface area contributed by atoms with Crippen LogP contribution >= 0.6 is 0 Å². The molecule has 0 saturated carbocycles. The van der Waals surface area contributed by atoms with Crippen molar-refractivity contribution in [1.82, 2.24) is 10.6 Å². The number of alkyl carbamates (subject to hydrolysis) is 1. The molecule has 1 rings (SSSR count). The summed E-state index contributed by atoms with van der Waals surface area (Å²) >= 11 is 0. The van der Waals surface area contributed by atoms with Gasteiger partial charge >= 0.3 is 6.09 Å². The van der Waals surface area contributed by atoms with Crippen molar-refractivity contribution in [3.05, 3.63) is 35.4 Å². The van der Waals surface area contributed by atoms with Crippen molar-refractivity contribution in [2.75, 3.05) is 13.6 Å². The van der Waals surface area contributed by atoms with Gasteiger partial charge in [0.25, 0.3) is 0 Å². The molecule has 1 aromatic rings. The van der Waals surface area contributed by atoms with Gasteiger partial charge in [0.05, 0.1) is 6.54 Å². The molecule has 0 atom stereocenters. The van der Waals surface area contributed by atoms with Crippen LogP contribution in [0.5, 0.6) is 0 Å². The number of rotatable bonds is 3. The predicted octanol–water partition coefficient (Wildman–Crippen LogP) is 2.28. The van der Waals surface area contributed by atoms with Gasteiger partial charge in [-0.1, -0.05) is 24.0 Å². The molecule has 0 aliphatic rings. The van der Waals surface area contributed by atoms with E-state index in [1.54, 1.807) is 0 Å². The van der Waals surface area contributed by atoms with E-state index in [9.17, 15) is 4.79 Å². The number of amides is 1. The third-order valence-corrected chi connectivity index (χ3v) is 2.26. The Balaban J connectivity index is 2.55. The van der Waals surface area contributed by atoms with Crippen molar-refractivity contribution in [3.63, 3.8) is 0 Å². The second kappa shape index (κ2) is 7.56. The minimum absolute atomic E-state index is 0.413. The van der Waals surface area contributed by atoms with E-state index >= 15 is 0 Å². The van der Waals surface area contributed by atoms with E-state index in [0.29, 0.717) is 13.1 Å². The summed E-state index contributed by atoms with van der Waals surface area (Å²) in [6, 6.07) is 7.77. The number of ether oxygens (including phenoxy) is 1. The minimum atomic E-state index is -0.482. The van der Waals surface area contributed by atoms with Crippen molar-refractivity contribution in [2.24, 2.45) is 0 Å². The maximum atomic E-state index is 11.6. The number of benzene rings is 1. The van der Waals surface area contributed by atoms with Gasteiger partial charge < -0.3 is 15.4 Å². The Labute approximate surface area is 120 Å². The van der Waals surface area contributed by atoms with Crippen molar-refractivity contribution < 1.29 is 9.53 Å². The number of hydrogen-bond donors (Lipinski definition) is 2. The first kappa shape index (κ1) is 16.1. The molecule has 0 radical (unpaired) electrons. The molecule has 0 fully saturated rings. The van der Waals surface area contributed by atoms with Gasteiger partial charge in [0, 0.05) is 12.1 Å². The van der Waals surface area contributed by atoms with Crippen LogP contribution in [0.3, 0.4) is 0 Å². The van der Waals surface area contributed by atoms with Gasteiger partial charge in [-0.3, -0.25) is 0 Å². The first-order valence-electron chi connectivity index (χ1n) is 6.60. The average Bonchev–Trinajstić information content (AvgIpc) is 2.35. The molecule has 4 heteroatoms. The van der Waals surface area contributed by atoms with E-state index in [4.69, 9.17) is 4.74 Å². The predicted molar refractivity (Wildman–Crippen MR) is 80.3 cm³/mol. The third kappa shape index (κ3) is 6.81. The monoisotopic (exact) mass is 274 g/mol. The van der Waals surface area contributed by atoms with Crippen molar-refractivity contribution >= 4 is 6.09 Å². The van der Waals surface area contributed by atoms with Crippen LogP contribution in [0.4, 0.5) is 4.79 Å². The Hall–Kier alpha value is -1.99. The third-order valence-electron chi connectivity index (χ3n) is 2.26. The van der Waals surface area contributed by atoms with Crippen LogP contribution in [-0.2, 0) is 11.3 Å². The van der Waals surface area contributed by atoms with Crippen LogP contribution in [0.15, 0.2) is 24.3 Å². The van der Waals surface area contributed by atoms with E-state index in [0.717, 1.165) is 11.1 Å². The van der Waals surface area contributed by atoms with Gasteiger partial charge in [-0.25, -0.2) is 4.79 Å². The Morgan fingerprint density at radius 2 is 2.10 bits per heavy atom. The molecule has 2 N–H and O–H groups in total.